The number of hydrogen-bond acceptors (Lipinski definition) is 4. The van der Waals surface area contributed by atoms with Gasteiger partial charge in [0.05, 0.1) is 12.0 Å². The van der Waals surface area contributed by atoms with E-state index in [4.69, 9.17) is 0 Å². The molecular weight excluding hydrogens is 326 g/mol. The lowest BCUT2D eigenvalue weighted by Crippen LogP contribution is -1.99. The van der Waals surface area contributed by atoms with Gasteiger partial charge in [0.2, 0.25) is 0 Å². The molecule has 0 aromatic heterocycles. The van der Waals surface area contributed by atoms with Crippen molar-refractivity contribution in [1.29, 1.82) is 0 Å². The summed E-state index contributed by atoms with van der Waals surface area (Å²) in [5, 5.41) is 0. The molecule has 0 aliphatic carbocycles. The van der Waals surface area contributed by atoms with Crippen LogP contribution in [0.15, 0.2) is 63.9 Å². The fraction of sp³-hybridized carbons (Fsp3) is 0.111. The Kier molecular flexibility index (Phi) is 5.65. The van der Waals surface area contributed by atoms with Gasteiger partial charge < -0.3 is 4.74 Å². The van der Waals surface area contributed by atoms with E-state index in [1.807, 2.05) is 6.92 Å². The molecule has 0 radical (unpaired) electrons. The first kappa shape index (κ1) is 17.6. The molecule has 6 heteroatoms. The Morgan fingerprint density at radius 3 is 2.29 bits per heavy atom. The van der Waals surface area contributed by atoms with Crippen LogP contribution in [0.1, 0.15) is 16.7 Å². The first-order valence-electron chi connectivity index (χ1n) is 7.14. The van der Waals surface area contributed by atoms with Crippen LogP contribution in [0.25, 0.3) is 6.08 Å². The number of carbonyl (C=O) groups excluding carboxylic acids is 1. The summed E-state index contributed by atoms with van der Waals surface area (Å²) in [6, 6.07) is 13.5. The van der Waals surface area contributed by atoms with Crippen LogP contribution in [0.5, 0.6) is 0 Å². The summed E-state index contributed by atoms with van der Waals surface area (Å²) in [4.78, 5) is 11.3. The molecule has 0 amide bonds. The van der Waals surface area contributed by atoms with Crippen molar-refractivity contribution < 1.29 is 17.9 Å². The number of nitrogens with zero attached hydrogens (tertiary/aromatic N) is 1. The molecule has 0 unspecified atom stereocenters. The third-order valence-corrected chi connectivity index (χ3v) is 4.50. The summed E-state index contributed by atoms with van der Waals surface area (Å²) in [6.07, 6.45) is 4.08. The second-order valence-corrected chi connectivity index (χ2v) is 6.64. The molecule has 5 nitrogen and oxygen atoms in total. The van der Waals surface area contributed by atoms with Crippen molar-refractivity contribution >= 4 is 28.3 Å². The van der Waals surface area contributed by atoms with E-state index in [9.17, 15) is 13.2 Å². The molecular formula is C18H17NO4S. The monoisotopic (exact) mass is 343 g/mol. The predicted molar refractivity (Wildman–Crippen MR) is 93.5 cm³/mol. The van der Waals surface area contributed by atoms with Crippen molar-refractivity contribution in [2.24, 2.45) is 4.40 Å². The van der Waals surface area contributed by atoms with Crippen LogP contribution in [-0.4, -0.2) is 27.7 Å². The molecule has 2 aromatic rings. The number of esters is 1. The van der Waals surface area contributed by atoms with E-state index in [-0.39, 0.29) is 4.90 Å². The van der Waals surface area contributed by atoms with Gasteiger partial charge in [-0.2, -0.15) is 12.8 Å². The van der Waals surface area contributed by atoms with E-state index >= 15 is 0 Å². The maximum Gasteiger partial charge on any atom is 0.330 e. The van der Waals surface area contributed by atoms with Gasteiger partial charge in [-0.1, -0.05) is 42.0 Å². The fourth-order valence-corrected chi connectivity index (χ4v) is 2.76. The topological polar surface area (TPSA) is 72.8 Å². The maximum atomic E-state index is 12.3. The summed E-state index contributed by atoms with van der Waals surface area (Å²) in [5.74, 6) is -0.492. The van der Waals surface area contributed by atoms with Crippen molar-refractivity contribution in [3.63, 3.8) is 0 Å². The summed E-state index contributed by atoms with van der Waals surface area (Å²) >= 11 is 0. The lowest BCUT2D eigenvalue weighted by atomic mass is 10.1. The highest BCUT2D eigenvalue weighted by molar-refractivity contribution is 7.90. The SMILES string of the molecule is COC(=O)/C=C/c1ccccc1/C=N\S(=O)(=O)c1ccc(C)cc1. The molecule has 0 heterocycles. The molecule has 124 valence electrons. The Morgan fingerprint density at radius 1 is 1.04 bits per heavy atom. The van der Waals surface area contributed by atoms with E-state index in [2.05, 4.69) is 9.13 Å². The van der Waals surface area contributed by atoms with Crippen LogP contribution in [0, 0.1) is 6.92 Å². The second kappa shape index (κ2) is 7.70. The van der Waals surface area contributed by atoms with Crippen molar-refractivity contribution in [3.05, 3.63) is 71.3 Å². The second-order valence-electron chi connectivity index (χ2n) is 5.01. The lowest BCUT2D eigenvalue weighted by Gasteiger charge is -2.01. The Labute approximate surface area is 141 Å². The van der Waals surface area contributed by atoms with Crippen LogP contribution >= 0.6 is 0 Å². The number of benzene rings is 2. The van der Waals surface area contributed by atoms with E-state index in [0.717, 1.165) is 5.56 Å². The first-order valence-corrected chi connectivity index (χ1v) is 8.58. The fourth-order valence-electron chi connectivity index (χ4n) is 1.90. The van der Waals surface area contributed by atoms with Crippen molar-refractivity contribution in [2.45, 2.75) is 11.8 Å². The zero-order valence-electron chi connectivity index (χ0n) is 13.3. The molecule has 2 aromatic carbocycles. The van der Waals surface area contributed by atoms with Gasteiger partial charge in [0.1, 0.15) is 0 Å². The van der Waals surface area contributed by atoms with Crippen molar-refractivity contribution in [1.82, 2.24) is 0 Å². The number of carbonyl (C=O) groups is 1. The van der Waals surface area contributed by atoms with Crippen molar-refractivity contribution in [2.75, 3.05) is 7.11 Å². The van der Waals surface area contributed by atoms with Gasteiger partial charge in [-0.15, -0.1) is 0 Å². The molecule has 0 atom stereocenters. The molecule has 0 saturated heterocycles. The molecule has 0 aliphatic rings. The summed E-state index contributed by atoms with van der Waals surface area (Å²) in [6.45, 7) is 1.88. The predicted octanol–water partition coefficient (Wildman–Crippen LogP) is 2.99. The van der Waals surface area contributed by atoms with Gasteiger partial charge in [0, 0.05) is 17.9 Å². The smallest absolute Gasteiger partial charge is 0.330 e. The van der Waals surface area contributed by atoms with Crippen LogP contribution in [0.2, 0.25) is 0 Å². The molecule has 0 bridgehead atoms. The number of aryl methyl sites for hydroxylation is 1. The molecule has 0 fully saturated rings. The van der Waals surface area contributed by atoms with Gasteiger partial charge in [-0.3, -0.25) is 0 Å². The highest BCUT2D eigenvalue weighted by Crippen LogP contribution is 2.14. The van der Waals surface area contributed by atoms with Gasteiger partial charge in [-0.05, 0) is 30.7 Å². The summed E-state index contributed by atoms with van der Waals surface area (Å²) in [5.41, 5.74) is 2.20. The zero-order chi connectivity index (χ0) is 17.6. The molecule has 0 saturated carbocycles. The Balaban J connectivity index is 2.30. The Hall–Kier alpha value is -2.73. The normalized spacial score (nSPS) is 11.9. The molecule has 0 spiro atoms. The van der Waals surface area contributed by atoms with E-state index in [1.54, 1.807) is 42.5 Å². The minimum atomic E-state index is -3.77. The Morgan fingerprint density at radius 2 is 1.67 bits per heavy atom. The minimum Gasteiger partial charge on any atom is -0.466 e. The average Bonchev–Trinajstić information content (AvgIpc) is 2.59. The first-order chi connectivity index (χ1) is 11.4. The summed E-state index contributed by atoms with van der Waals surface area (Å²) in [7, 11) is -2.49. The molecule has 2 rings (SSSR count). The zero-order valence-corrected chi connectivity index (χ0v) is 14.2. The maximum absolute atomic E-state index is 12.3. The molecule has 0 N–H and O–H groups in total. The van der Waals surface area contributed by atoms with Crippen LogP contribution in [0.3, 0.4) is 0 Å². The standard InChI is InChI=1S/C18H17NO4S/c1-14-7-10-17(11-8-14)24(21,22)19-13-16-6-4-3-5-15(16)9-12-18(20)23-2/h3-13H,1-2H3/b12-9+,19-13-. The molecule has 0 aliphatic heterocycles. The van der Waals surface area contributed by atoms with Gasteiger partial charge in [-0.25, -0.2) is 4.79 Å². The van der Waals surface area contributed by atoms with E-state index in [0.29, 0.717) is 11.1 Å². The Bertz CT molecular complexity index is 881. The number of ether oxygens (including phenoxy) is 1. The lowest BCUT2D eigenvalue weighted by molar-refractivity contribution is -0.134. The number of sulfonamides is 1. The van der Waals surface area contributed by atoms with Crippen molar-refractivity contribution in [3.8, 4) is 0 Å². The minimum absolute atomic E-state index is 0.131. The quantitative estimate of drug-likeness (QED) is 0.475. The van der Waals surface area contributed by atoms with E-state index < -0.39 is 16.0 Å². The van der Waals surface area contributed by atoms with Crippen LogP contribution < -0.4 is 0 Å². The number of hydrogen-bond donors (Lipinski definition) is 0. The van der Waals surface area contributed by atoms with Gasteiger partial charge in [0.15, 0.2) is 0 Å². The van der Waals surface area contributed by atoms with E-state index in [1.165, 1.54) is 31.5 Å². The third kappa shape index (κ3) is 4.63. The number of methoxy groups -OCH3 is 1. The molecule has 24 heavy (non-hydrogen) atoms. The number of rotatable bonds is 5. The largest absolute Gasteiger partial charge is 0.466 e. The average molecular weight is 343 g/mol. The highest BCUT2D eigenvalue weighted by atomic mass is 32.2. The van der Waals surface area contributed by atoms with Gasteiger partial charge >= 0.3 is 5.97 Å². The summed E-state index contributed by atoms with van der Waals surface area (Å²) < 4.78 is 32.8. The van der Waals surface area contributed by atoms with Crippen LogP contribution in [-0.2, 0) is 19.6 Å². The van der Waals surface area contributed by atoms with Crippen LogP contribution in [0.4, 0.5) is 0 Å². The third-order valence-electron chi connectivity index (χ3n) is 3.25. The highest BCUT2D eigenvalue weighted by Gasteiger charge is 2.11. The van der Waals surface area contributed by atoms with Gasteiger partial charge in [0.25, 0.3) is 10.0 Å².